The summed E-state index contributed by atoms with van der Waals surface area (Å²) in [5, 5.41) is 8.37. The summed E-state index contributed by atoms with van der Waals surface area (Å²) in [5.74, 6) is 1.88. The van der Waals surface area contributed by atoms with Gasteiger partial charge < -0.3 is 5.32 Å². The molecule has 0 saturated carbocycles. The molecule has 1 aromatic rings. The number of carbonyl (C=O) groups excluding carboxylic acids is 1. The molecule has 1 aliphatic heterocycles. The van der Waals surface area contributed by atoms with Crippen molar-refractivity contribution in [1.82, 2.24) is 15.1 Å². The minimum absolute atomic E-state index is 0.193. The lowest BCUT2D eigenvalue weighted by Gasteiger charge is -2.14. The Labute approximate surface area is 147 Å². The van der Waals surface area contributed by atoms with E-state index in [0.29, 0.717) is 12.3 Å². The second-order valence-electron chi connectivity index (χ2n) is 6.59. The van der Waals surface area contributed by atoms with Gasteiger partial charge in [-0.05, 0) is 45.1 Å². The third-order valence-electron chi connectivity index (χ3n) is 4.14. The molecule has 130 valence electrons. The molecule has 2 atom stereocenters. The zero-order chi connectivity index (χ0) is 16.7. The molecule has 6 heteroatoms. The number of nitrogens with zero attached hydrogens (tertiary/aromatic N) is 2. The van der Waals surface area contributed by atoms with Crippen LogP contribution in [0.5, 0.6) is 0 Å². The van der Waals surface area contributed by atoms with Crippen LogP contribution in [0, 0.1) is 19.8 Å². The molecular weight excluding hydrogens is 326 g/mol. The Hall–Kier alpha value is -0.620. The highest BCUT2D eigenvalue weighted by Gasteiger charge is 2.16. The third kappa shape index (κ3) is 6.79. The van der Waals surface area contributed by atoms with E-state index in [0.717, 1.165) is 30.5 Å². The Morgan fingerprint density at radius 1 is 1.48 bits per heavy atom. The summed E-state index contributed by atoms with van der Waals surface area (Å²) >= 11 is 0. The van der Waals surface area contributed by atoms with Gasteiger partial charge in [-0.2, -0.15) is 5.10 Å². The highest BCUT2D eigenvalue weighted by Crippen LogP contribution is 2.39. The molecule has 1 aliphatic rings. The molecule has 1 saturated heterocycles. The fourth-order valence-electron chi connectivity index (χ4n) is 2.82. The number of unbranched alkanes of at least 4 members (excludes halogenated alkanes) is 1. The standard InChI is InChI=1S/C17H29N3OS2/c1-13(12-20-15(3)10-14(2)19-20)11-18-17(21)7-5-4-6-16-8-9-22-23-16/h10,13,16H,4-9,11-12H2,1-3H3,(H,18,21). The highest BCUT2D eigenvalue weighted by molar-refractivity contribution is 8.77. The van der Waals surface area contributed by atoms with E-state index in [-0.39, 0.29) is 5.91 Å². The second-order valence-corrected chi connectivity index (χ2v) is 9.38. The summed E-state index contributed by atoms with van der Waals surface area (Å²) < 4.78 is 2.03. The van der Waals surface area contributed by atoms with E-state index in [9.17, 15) is 4.79 Å². The van der Waals surface area contributed by atoms with Crippen molar-refractivity contribution in [3.63, 3.8) is 0 Å². The van der Waals surface area contributed by atoms with E-state index in [1.807, 2.05) is 33.2 Å². The van der Waals surface area contributed by atoms with Crippen molar-refractivity contribution < 1.29 is 4.79 Å². The van der Waals surface area contributed by atoms with Crippen molar-refractivity contribution in [2.45, 2.75) is 64.7 Å². The third-order valence-corrected chi connectivity index (χ3v) is 7.15. The maximum Gasteiger partial charge on any atom is 0.220 e. The molecule has 0 bridgehead atoms. The number of hydrogen-bond donors (Lipinski definition) is 1. The first-order valence-corrected chi connectivity index (χ1v) is 11.0. The van der Waals surface area contributed by atoms with Crippen LogP contribution in [-0.4, -0.2) is 33.2 Å². The van der Waals surface area contributed by atoms with Crippen LogP contribution in [0.3, 0.4) is 0 Å². The topological polar surface area (TPSA) is 46.9 Å². The lowest BCUT2D eigenvalue weighted by atomic mass is 10.1. The number of hydrogen-bond acceptors (Lipinski definition) is 4. The Balaban J connectivity index is 1.55. The maximum atomic E-state index is 11.9. The van der Waals surface area contributed by atoms with E-state index in [1.165, 1.54) is 30.7 Å². The van der Waals surface area contributed by atoms with Crippen LogP contribution in [0.1, 0.15) is 50.4 Å². The summed E-state index contributed by atoms with van der Waals surface area (Å²) in [5.41, 5.74) is 2.24. The highest BCUT2D eigenvalue weighted by atomic mass is 33.1. The van der Waals surface area contributed by atoms with Gasteiger partial charge in [0.2, 0.25) is 5.91 Å². The second kappa shape index (κ2) is 9.62. The van der Waals surface area contributed by atoms with Crippen LogP contribution >= 0.6 is 21.6 Å². The number of amides is 1. The fourth-order valence-corrected chi connectivity index (χ4v) is 5.85. The molecule has 0 spiro atoms. The zero-order valence-corrected chi connectivity index (χ0v) is 16.1. The van der Waals surface area contributed by atoms with E-state index in [4.69, 9.17) is 0 Å². The first-order chi connectivity index (χ1) is 11.0. The average Bonchev–Trinajstić information content (AvgIpc) is 3.12. The van der Waals surface area contributed by atoms with Crippen molar-refractivity contribution in [3.8, 4) is 0 Å². The van der Waals surface area contributed by atoms with Crippen LogP contribution in [0.2, 0.25) is 0 Å². The summed E-state index contributed by atoms with van der Waals surface area (Å²) in [6.07, 6.45) is 5.45. The van der Waals surface area contributed by atoms with Crippen LogP contribution < -0.4 is 5.32 Å². The summed E-state index contributed by atoms with van der Waals surface area (Å²) in [4.78, 5) is 11.9. The number of rotatable bonds is 9. The van der Waals surface area contributed by atoms with Crippen molar-refractivity contribution in [2.75, 3.05) is 12.3 Å². The quantitative estimate of drug-likeness (QED) is 0.538. The average molecular weight is 356 g/mol. The maximum absolute atomic E-state index is 11.9. The molecule has 1 amide bonds. The molecule has 23 heavy (non-hydrogen) atoms. The van der Waals surface area contributed by atoms with Gasteiger partial charge in [0, 0.05) is 36.2 Å². The van der Waals surface area contributed by atoms with Gasteiger partial charge in [-0.15, -0.1) is 0 Å². The van der Waals surface area contributed by atoms with Gasteiger partial charge >= 0.3 is 0 Å². The van der Waals surface area contributed by atoms with Crippen LogP contribution in [0.4, 0.5) is 0 Å². The van der Waals surface area contributed by atoms with E-state index in [1.54, 1.807) is 0 Å². The van der Waals surface area contributed by atoms with Gasteiger partial charge in [-0.25, -0.2) is 0 Å². The largest absolute Gasteiger partial charge is 0.356 e. The molecule has 2 rings (SSSR count). The first-order valence-electron chi connectivity index (χ1n) is 8.60. The monoisotopic (exact) mass is 355 g/mol. The van der Waals surface area contributed by atoms with Crippen molar-refractivity contribution in [2.24, 2.45) is 5.92 Å². The minimum atomic E-state index is 0.193. The number of nitrogens with one attached hydrogen (secondary N) is 1. The Morgan fingerprint density at radius 2 is 2.30 bits per heavy atom. The molecule has 1 aromatic heterocycles. The number of aryl methyl sites for hydroxylation is 2. The Bertz CT molecular complexity index is 498. The fraction of sp³-hybridized carbons (Fsp3) is 0.765. The van der Waals surface area contributed by atoms with E-state index in [2.05, 4.69) is 30.3 Å². The van der Waals surface area contributed by atoms with Gasteiger partial charge in [0.05, 0.1) is 5.69 Å². The molecule has 0 aliphatic carbocycles. The van der Waals surface area contributed by atoms with Gasteiger partial charge in [-0.3, -0.25) is 9.48 Å². The minimum Gasteiger partial charge on any atom is -0.356 e. The predicted molar refractivity (Wildman–Crippen MR) is 101 cm³/mol. The van der Waals surface area contributed by atoms with Crippen molar-refractivity contribution in [3.05, 3.63) is 17.5 Å². The van der Waals surface area contributed by atoms with Crippen LogP contribution in [0.15, 0.2) is 6.07 Å². The van der Waals surface area contributed by atoms with Gasteiger partial charge in [0.1, 0.15) is 0 Å². The van der Waals surface area contributed by atoms with E-state index < -0.39 is 0 Å². The van der Waals surface area contributed by atoms with Crippen LogP contribution in [0.25, 0.3) is 0 Å². The lowest BCUT2D eigenvalue weighted by Crippen LogP contribution is -2.30. The summed E-state index contributed by atoms with van der Waals surface area (Å²) in [7, 11) is 4.02. The summed E-state index contributed by atoms with van der Waals surface area (Å²) in [6, 6.07) is 2.09. The van der Waals surface area contributed by atoms with Crippen molar-refractivity contribution in [1.29, 1.82) is 0 Å². The number of carbonyl (C=O) groups is 1. The molecule has 4 nitrogen and oxygen atoms in total. The molecule has 1 N–H and O–H groups in total. The molecular formula is C17H29N3OS2. The molecule has 2 heterocycles. The SMILES string of the molecule is Cc1cc(C)n(CC(C)CNC(=O)CCCCC2CCSS2)n1. The van der Waals surface area contributed by atoms with Gasteiger partial charge in [-0.1, -0.05) is 34.9 Å². The first kappa shape index (κ1) is 18.7. The van der Waals surface area contributed by atoms with Gasteiger partial charge in [0.15, 0.2) is 0 Å². The molecule has 1 fully saturated rings. The molecule has 2 unspecified atom stereocenters. The predicted octanol–water partition coefficient (Wildman–Crippen LogP) is 3.97. The normalized spacial score (nSPS) is 19.0. The lowest BCUT2D eigenvalue weighted by molar-refractivity contribution is -0.121. The van der Waals surface area contributed by atoms with Gasteiger partial charge in [0.25, 0.3) is 0 Å². The zero-order valence-electron chi connectivity index (χ0n) is 14.5. The Morgan fingerprint density at radius 3 is 2.96 bits per heavy atom. The number of aromatic nitrogens is 2. The Kier molecular flexibility index (Phi) is 7.83. The van der Waals surface area contributed by atoms with E-state index >= 15 is 0 Å². The summed E-state index contributed by atoms with van der Waals surface area (Å²) in [6.45, 7) is 7.83. The molecule has 0 radical (unpaired) electrons. The van der Waals surface area contributed by atoms with Crippen LogP contribution in [-0.2, 0) is 11.3 Å². The van der Waals surface area contributed by atoms with Crippen molar-refractivity contribution >= 4 is 27.5 Å². The molecule has 0 aromatic carbocycles. The smallest absolute Gasteiger partial charge is 0.220 e.